The van der Waals surface area contributed by atoms with E-state index in [4.69, 9.17) is 5.84 Å². The molecule has 2 atom stereocenters. The Morgan fingerprint density at radius 2 is 1.81 bits per heavy atom. The van der Waals surface area contributed by atoms with Crippen LogP contribution in [0, 0.1) is 0 Å². The molecular weight excluding hydrogens is 200 g/mol. The molecule has 0 aromatic heterocycles. The molecule has 0 fully saturated rings. The van der Waals surface area contributed by atoms with Crippen molar-refractivity contribution in [2.24, 2.45) is 5.84 Å². The minimum absolute atomic E-state index is 0.511. The second-order valence-corrected chi connectivity index (χ2v) is 4.54. The Morgan fingerprint density at radius 3 is 2.25 bits per heavy atom. The van der Waals surface area contributed by atoms with Gasteiger partial charge in [-0.1, -0.05) is 20.8 Å². The molecule has 0 radical (unpaired) electrons. The minimum atomic E-state index is 0.511. The highest BCUT2D eigenvalue weighted by Gasteiger charge is 2.14. The summed E-state index contributed by atoms with van der Waals surface area (Å²) in [6, 6.07) is 1.18. The van der Waals surface area contributed by atoms with Gasteiger partial charge in [0.05, 0.1) is 6.67 Å². The van der Waals surface area contributed by atoms with Crippen LogP contribution in [0.5, 0.6) is 0 Å². The maximum absolute atomic E-state index is 5.73. The highest BCUT2D eigenvalue weighted by Crippen LogP contribution is 2.08. The second-order valence-electron chi connectivity index (χ2n) is 4.54. The van der Waals surface area contributed by atoms with Gasteiger partial charge >= 0.3 is 0 Å². The number of nitrogens with zero attached hydrogens (tertiary/aromatic N) is 2. The first-order valence-electron chi connectivity index (χ1n) is 6.48. The van der Waals surface area contributed by atoms with Crippen LogP contribution in [0.3, 0.4) is 0 Å². The van der Waals surface area contributed by atoms with Crippen LogP contribution in [0.15, 0.2) is 0 Å². The number of nitrogens with two attached hydrogens (primary N) is 1. The Morgan fingerprint density at radius 1 is 1.19 bits per heavy atom. The molecule has 0 saturated heterocycles. The molecular formula is C12H30N4. The van der Waals surface area contributed by atoms with Crippen LogP contribution in [0.1, 0.15) is 40.5 Å². The largest absolute Gasteiger partial charge is 0.304 e. The fraction of sp³-hybridized carbons (Fsp3) is 1.00. The lowest BCUT2D eigenvalue weighted by atomic mass is 10.0. The standard InChI is InChI=1S/C12H30N4/c1-6-12(15(5)7-2)9-11(4)14-10-16(13)8-3/h11-12,14H,6-10,13H2,1-5H3. The molecule has 4 nitrogen and oxygen atoms in total. The summed E-state index contributed by atoms with van der Waals surface area (Å²) in [7, 11) is 2.20. The molecule has 0 aliphatic carbocycles. The fourth-order valence-corrected chi connectivity index (χ4v) is 1.79. The van der Waals surface area contributed by atoms with Crippen LogP contribution in [-0.4, -0.2) is 48.8 Å². The topological polar surface area (TPSA) is 44.5 Å². The summed E-state index contributed by atoms with van der Waals surface area (Å²) < 4.78 is 0. The maximum Gasteiger partial charge on any atom is 0.0620 e. The van der Waals surface area contributed by atoms with Gasteiger partial charge in [0, 0.05) is 18.6 Å². The summed E-state index contributed by atoms with van der Waals surface area (Å²) in [6.07, 6.45) is 2.38. The van der Waals surface area contributed by atoms with Gasteiger partial charge in [-0.15, -0.1) is 0 Å². The molecule has 0 aliphatic rings. The highest BCUT2D eigenvalue weighted by atomic mass is 15.4. The van der Waals surface area contributed by atoms with Crippen molar-refractivity contribution in [1.82, 2.24) is 15.2 Å². The van der Waals surface area contributed by atoms with E-state index in [1.54, 1.807) is 5.01 Å². The van der Waals surface area contributed by atoms with E-state index in [9.17, 15) is 0 Å². The van der Waals surface area contributed by atoms with Gasteiger partial charge in [0.1, 0.15) is 0 Å². The molecule has 0 amide bonds. The van der Waals surface area contributed by atoms with Crippen molar-refractivity contribution in [3.05, 3.63) is 0 Å². The SMILES string of the molecule is CCC(CC(C)NCN(N)CC)N(C)CC. The lowest BCUT2D eigenvalue weighted by Gasteiger charge is -2.29. The van der Waals surface area contributed by atoms with Gasteiger partial charge in [-0.2, -0.15) is 0 Å². The molecule has 2 unspecified atom stereocenters. The third kappa shape index (κ3) is 6.43. The molecule has 0 heterocycles. The van der Waals surface area contributed by atoms with Gasteiger partial charge in [0.2, 0.25) is 0 Å². The first kappa shape index (κ1) is 15.8. The Bertz CT molecular complexity index is 163. The second kappa shape index (κ2) is 8.93. The highest BCUT2D eigenvalue weighted by molar-refractivity contribution is 4.72. The van der Waals surface area contributed by atoms with Crippen LogP contribution < -0.4 is 11.2 Å². The Balaban J connectivity index is 3.86. The van der Waals surface area contributed by atoms with Crippen molar-refractivity contribution in [1.29, 1.82) is 0 Å². The van der Waals surface area contributed by atoms with Gasteiger partial charge in [-0.3, -0.25) is 5.84 Å². The molecule has 3 N–H and O–H groups in total. The average molecular weight is 230 g/mol. The Hall–Kier alpha value is -0.160. The van der Waals surface area contributed by atoms with Crippen LogP contribution in [-0.2, 0) is 0 Å². The van der Waals surface area contributed by atoms with Crippen molar-refractivity contribution < 1.29 is 0 Å². The molecule has 0 bridgehead atoms. The summed E-state index contributed by atoms with van der Waals surface area (Å²) in [4.78, 5) is 2.41. The van der Waals surface area contributed by atoms with E-state index in [-0.39, 0.29) is 0 Å². The van der Waals surface area contributed by atoms with E-state index in [1.807, 2.05) is 0 Å². The minimum Gasteiger partial charge on any atom is -0.304 e. The summed E-state index contributed by atoms with van der Waals surface area (Å²) >= 11 is 0. The van der Waals surface area contributed by atoms with Gasteiger partial charge in [-0.25, -0.2) is 5.01 Å². The van der Waals surface area contributed by atoms with Crippen molar-refractivity contribution in [3.8, 4) is 0 Å². The molecule has 0 aromatic carbocycles. The normalized spacial score (nSPS) is 15.8. The summed E-state index contributed by atoms with van der Waals surface area (Å²) in [5.74, 6) is 5.73. The number of hydrazine groups is 1. The van der Waals surface area contributed by atoms with E-state index in [2.05, 4.69) is 45.0 Å². The predicted octanol–water partition coefficient (Wildman–Crippen LogP) is 1.24. The van der Waals surface area contributed by atoms with Gasteiger partial charge < -0.3 is 10.2 Å². The van der Waals surface area contributed by atoms with Crippen molar-refractivity contribution in [3.63, 3.8) is 0 Å². The lowest BCUT2D eigenvalue weighted by molar-refractivity contribution is 0.202. The molecule has 98 valence electrons. The van der Waals surface area contributed by atoms with E-state index >= 15 is 0 Å². The van der Waals surface area contributed by atoms with E-state index in [0.29, 0.717) is 12.1 Å². The zero-order valence-electron chi connectivity index (χ0n) is 11.7. The first-order chi connectivity index (χ1) is 7.54. The van der Waals surface area contributed by atoms with Crippen LogP contribution in [0.2, 0.25) is 0 Å². The molecule has 0 saturated carbocycles. The first-order valence-corrected chi connectivity index (χ1v) is 6.48. The van der Waals surface area contributed by atoms with E-state index < -0.39 is 0 Å². The third-order valence-corrected chi connectivity index (χ3v) is 3.27. The smallest absolute Gasteiger partial charge is 0.0620 e. The number of rotatable bonds is 9. The zero-order valence-corrected chi connectivity index (χ0v) is 11.7. The van der Waals surface area contributed by atoms with Crippen LogP contribution in [0.4, 0.5) is 0 Å². The predicted molar refractivity (Wildman–Crippen MR) is 71.0 cm³/mol. The van der Waals surface area contributed by atoms with Crippen molar-refractivity contribution in [2.45, 2.75) is 52.6 Å². The zero-order chi connectivity index (χ0) is 12.6. The molecule has 4 heteroatoms. The van der Waals surface area contributed by atoms with E-state index in [0.717, 1.165) is 19.8 Å². The van der Waals surface area contributed by atoms with Gasteiger partial charge in [0.15, 0.2) is 0 Å². The number of hydrogen-bond acceptors (Lipinski definition) is 4. The Kier molecular flexibility index (Phi) is 8.84. The average Bonchev–Trinajstić information content (AvgIpc) is 2.31. The molecule has 0 aromatic rings. The van der Waals surface area contributed by atoms with Crippen molar-refractivity contribution in [2.75, 3.05) is 26.8 Å². The van der Waals surface area contributed by atoms with Crippen LogP contribution in [0.25, 0.3) is 0 Å². The Labute approximate surface area is 101 Å². The van der Waals surface area contributed by atoms with Crippen molar-refractivity contribution >= 4 is 0 Å². The maximum atomic E-state index is 5.73. The summed E-state index contributed by atoms with van der Waals surface area (Å²) in [6.45, 7) is 11.5. The van der Waals surface area contributed by atoms with Crippen LogP contribution >= 0.6 is 0 Å². The summed E-state index contributed by atoms with van der Waals surface area (Å²) in [5, 5.41) is 5.24. The summed E-state index contributed by atoms with van der Waals surface area (Å²) in [5.41, 5.74) is 0. The fourth-order valence-electron chi connectivity index (χ4n) is 1.79. The van der Waals surface area contributed by atoms with Gasteiger partial charge in [-0.05, 0) is 33.4 Å². The van der Waals surface area contributed by atoms with Gasteiger partial charge in [0.25, 0.3) is 0 Å². The number of hydrogen-bond donors (Lipinski definition) is 2. The molecule has 16 heavy (non-hydrogen) atoms. The molecule has 0 aliphatic heterocycles. The monoisotopic (exact) mass is 230 g/mol. The quantitative estimate of drug-likeness (QED) is 0.355. The molecule has 0 rings (SSSR count). The third-order valence-electron chi connectivity index (χ3n) is 3.27. The lowest BCUT2D eigenvalue weighted by Crippen LogP contribution is -2.45. The number of nitrogens with one attached hydrogen (secondary N) is 1. The van der Waals surface area contributed by atoms with E-state index in [1.165, 1.54) is 12.8 Å². The molecule has 0 spiro atoms.